The molecule has 0 saturated carbocycles. The molecule has 24 heavy (non-hydrogen) atoms. The van der Waals surface area contributed by atoms with Crippen molar-refractivity contribution in [2.24, 2.45) is 7.05 Å². The maximum atomic E-state index is 12.9. The van der Waals surface area contributed by atoms with Crippen molar-refractivity contribution in [2.45, 2.75) is 25.8 Å². The minimum absolute atomic E-state index is 0.0910. The van der Waals surface area contributed by atoms with E-state index in [0.29, 0.717) is 12.1 Å². The fraction of sp³-hybridized carbons (Fsp3) is 0.263. The number of rotatable bonds is 4. The first-order chi connectivity index (χ1) is 11.7. The standard InChI is InChI=1S/C19H20N4O/c1-3-11-23-12-15(13-7-4-5-10-17(13)23)19(24)20-18-14-8-6-9-16(14)21-22(18)2/h3-5,7,10,12H,1,6,8-9,11H2,2H3,(H,20,24). The molecule has 2 heterocycles. The van der Waals surface area contributed by atoms with Crippen LogP contribution in [0.3, 0.4) is 0 Å². The number of amides is 1. The lowest BCUT2D eigenvalue weighted by Gasteiger charge is -2.07. The SMILES string of the molecule is C=CCn1cc(C(=O)Nc2c3c(nn2C)CCC3)c2ccccc21. The molecule has 0 saturated heterocycles. The Morgan fingerprint density at radius 1 is 1.38 bits per heavy atom. The Bertz CT molecular complexity index is 948. The molecule has 0 atom stereocenters. The van der Waals surface area contributed by atoms with Crippen LogP contribution in [0.25, 0.3) is 10.9 Å². The first-order valence-electron chi connectivity index (χ1n) is 8.24. The highest BCUT2D eigenvalue weighted by Gasteiger charge is 2.23. The van der Waals surface area contributed by atoms with E-state index in [-0.39, 0.29) is 5.91 Å². The summed E-state index contributed by atoms with van der Waals surface area (Å²) in [6.45, 7) is 4.47. The number of nitrogens with zero attached hydrogens (tertiary/aromatic N) is 3. The van der Waals surface area contributed by atoms with Crippen LogP contribution in [0.4, 0.5) is 5.82 Å². The van der Waals surface area contributed by atoms with Crippen molar-refractivity contribution in [3.63, 3.8) is 0 Å². The van der Waals surface area contributed by atoms with Crippen LogP contribution in [0.15, 0.2) is 43.1 Å². The number of fused-ring (bicyclic) bond motifs is 2. The summed E-state index contributed by atoms with van der Waals surface area (Å²) in [6.07, 6.45) is 6.83. The van der Waals surface area contributed by atoms with E-state index in [1.807, 2.05) is 48.2 Å². The van der Waals surface area contributed by atoms with Crippen molar-refractivity contribution in [3.05, 3.63) is 59.9 Å². The third-order valence-electron chi connectivity index (χ3n) is 4.66. The summed E-state index contributed by atoms with van der Waals surface area (Å²) in [6, 6.07) is 7.95. The lowest BCUT2D eigenvalue weighted by Crippen LogP contribution is -2.15. The summed E-state index contributed by atoms with van der Waals surface area (Å²) in [5.41, 5.74) is 4.01. The van der Waals surface area contributed by atoms with Gasteiger partial charge in [0.15, 0.2) is 0 Å². The number of benzene rings is 1. The number of aromatic nitrogens is 3. The summed E-state index contributed by atoms with van der Waals surface area (Å²) in [5.74, 6) is 0.736. The van der Waals surface area contributed by atoms with Gasteiger partial charge in [-0.2, -0.15) is 5.10 Å². The number of hydrogen-bond donors (Lipinski definition) is 1. The summed E-state index contributed by atoms with van der Waals surface area (Å²) in [7, 11) is 1.88. The van der Waals surface area contributed by atoms with Crippen molar-refractivity contribution in [2.75, 3.05) is 5.32 Å². The van der Waals surface area contributed by atoms with Gasteiger partial charge in [-0.05, 0) is 25.3 Å². The zero-order valence-corrected chi connectivity index (χ0v) is 13.7. The lowest BCUT2D eigenvalue weighted by atomic mass is 10.1. The second kappa shape index (κ2) is 5.67. The predicted octanol–water partition coefficient (Wildman–Crippen LogP) is 3.30. The van der Waals surface area contributed by atoms with Crippen LogP contribution in [-0.2, 0) is 26.4 Å². The minimum Gasteiger partial charge on any atom is -0.343 e. The molecule has 1 aliphatic carbocycles. The molecule has 0 unspecified atom stereocenters. The molecule has 0 spiro atoms. The molecule has 1 aliphatic rings. The average Bonchev–Trinajstić information content (AvgIpc) is 3.24. The number of carbonyl (C=O) groups excluding carboxylic acids is 1. The Hall–Kier alpha value is -2.82. The highest BCUT2D eigenvalue weighted by Crippen LogP contribution is 2.29. The molecule has 5 heteroatoms. The van der Waals surface area contributed by atoms with E-state index in [0.717, 1.165) is 41.7 Å². The Labute approximate surface area is 140 Å². The molecule has 0 fully saturated rings. The van der Waals surface area contributed by atoms with Crippen LogP contribution >= 0.6 is 0 Å². The molecule has 0 aliphatic heterocycles. The lowest BCUT2D eigenvalue weighted by molar-refractivity contribution is 0.102. The number of hydrogen-bond acceptors (Lipinski definition) is 2. The number of para-hydroxylation sites is 1. The van der Waals surface area contributed by atoms with Gasteiger partial charge in [0.1, 0.15) is 5.82 Å². The number of carbonyl (C=O) groups is 1. The van der Waals surface area contributed by atoms with Crippen LogP contribution in [-0.4, -0.2) is 20.3 Å². The van der Waals surface area contributed by atoms with Crippen molar-refractivity contribution in [3.8, 4) is 0 Å². The van der Waals surface area contributed by atoms with Gasteiger partial charge in [0.05, 0.1) is 11.3 Å². The van der Waals surface area contributed by atoms with Crippen molar-refractivity contribution < 1.29 is 4.79 Å². The molecule has 0 radical (unpaired) electrons. The van der Waals surface area contributed by atoms with Crippen LogP contribution in [0.2, 0.25) is 0 Å². The first kappa shape index (κ1) is 14.8. The second-order valence-corrected chi connectivity index (χ2v) is 6.21. The van der Waals surface area contributed by atoms with Crippen molar-refractivity contribution in [1.29, 1.82) is 0 Å². The summed E-state index contributed by atoms with van der Waals surface area (Å²) in [4.78, 5) is 12.9. The highest BCUT2D eigenvalue weighted by atomic mass is 16.1. The topological polar surface area (TPSA) is 51.9 Å². The van der Waals surface area contributed by atoms with Gasteiger partial charge in [0.25, 0.3) is 5.91 Å². The van der Waals surface area contributed by atoms with Gasteiger partial charge in [-0.15, -0.1) is 6.58 Å². The zero-order chi connectivity index (χ0) is 16.7. The van der Waals surface area contributed by atoms with Crippen LogP contribution < -0.4 is 5.32 Å². The fourth-order valence-electron chi connectivity index (χ4n) is 3.57. The van der Waals surface area contributed by atoms with E-state index in [2.05, 4.69) is 17.0 Å². The Morgan fingerprint density at radius 2 is 2.21 bits per heavy atom. The van der Waals surface area contributed by atoms with Gasteiger partial charge in [0.2, 0.25) is 0 Å². The Kier molecular flexibility index (Phi) is 3.49. The van der Waals surface area contributed by atoms with Crippen molar-refractivity contribution >= 4 is 22.6 Å². The summed E-state index contributed by atoms with van der Waals surface area (Å²) >= 11 is 0. The summed E-state index contributed by atoms with van der Waals surface area (Å²) < 4.78 is 3.83. The van der Waals surface area contributed by atoms with E-state index in [1.165, 1.54) is 5.56 Å². The van der Waals surface area contributed by atoms with E-state index >= 15 is 0 Å². The van der Waals surface area contributed by atoms with E-state index in [4.69, 9.17) is 0 Å². The smallest absolute Gasteiger partial charge is 0.258 e. The van der Waals surface area contributed by atoms with Crippen LogP contribution in [0.1, 0.15) is 28.0 Å². The Morgan fingerprint density at radius 3 is 3.04 bits per heavy atom. The Balaban J connectivity index is 1.73. The molecular weight excluding hydrogens is 300 g/mol. The molecule has 2 aromatic heterocycles. The van der Waals surface area contributed by atoms with Crippen LogP contribution in [0.5, 0.6) is 0 Å². The van der Waals surface area contributed by atoms with Gasteiger partial charge in [-0.1, -0.05) is 24.3 Å². The largest absolute Gasteiger partial charge is 0.343 e. The number of nitrogens with one attached hydrogen (secondary N) is 1. The van der Waals surface area contributed by atoms with Crippen LogP contribution in [0, 0.1) is 0 Å². The third-order valence-corrected chi connectivity index (χ3v) is 4.66. The molecular formula is C19H20N4O. The maximum Gasteiger partial charge on any atom is 0.258 e. The van der Waals surface area contributed by atoms with Gasteiger partial charge in [-0.3, -0.25) is 9.48 Å². The van der Waals surface area contributed by atoms with Gasteiger partial charge in [0, 0.05) is 36.3 Å². The normalized spacial score (nSPS) is 13.2. The molecule has 1 amide bonds. The molecule has 0 bridgehead atoms. The third kappa shape index (κ3) is 2.24. The number of aryl methyl sites for hydroxylation is 2. The van der Waals surface area contributed by atoms with E-state index < -0.39 is 0 Å². The first-order valence-corrected chi connectivity index (χ1v) is 8.24. The van der Waals surface area contributed by atoms with Gasteiger partial charge in [-0.25, -0.2) is 0 Å². The van der Waals surface area contributed by atoms with Gasteiger partial charge < -0.3 is 9.88 Å². The summed E-state index contributed by atoms with van der Waals surface area (Å²) in [5, 5.41) is 8.55. The predicted molar refractivity (Wildman–Crippen MR) is 95.3 cm³/mol. The van der Waals surface area contributed by atoms with E-state index in [9.17, 15) is 4.79 Å². The molecule has 3 aromatic rings. The average molecular weight is 320 g/mol. The zero-order valence-electron chi connectivity index (χ0n) is 13.7. The monoisotopic (exact) mass is 320 g/mol. The van der Waals surface area contributed by atoms with E-state index in [1.54, 1.807) is 4.68 Å². The fourth-order valence-corrected chi connectivity index (χ4v) is 3.57. The minimum atomic E-state index is -0.0910. The van der Waals surface area contributed by atoms with Gasteiger partial charge >= 0.3 is 0 Å². The molecule has 1 aromatic carbocycles. The molecule has 122 valence electrons. The second-order valence-electron chi connectivity index (χ2n) is 6.21. The number of anilines is 1. The molecule has 5 nitrogen and oxygen atoms in total. The highest BCUT2D eigenvalue weighted by molar-refractivity contribution is 6.13. The maximum absolute atomic E-state index is 12.9. The van der Waals surface area contributed by atoms with Crippen molar-refractivity contribution in [1.82, 2.24) is 14.3 Å². The molecule has 4 rings (SSSR count). The molecule has 1 N–H and O–H groups in total. The quantitative estimate of drug-likeness (QED) is 0.750. The number of allylic oxidation sites excluding steroid dienone is 1.